The van der Waals surface area contributed by atoms with Crippen molar-refractivity contribution in [1.29, 1.82) is 0 Å². The van der Waals surface area contributed by atoms with Crippen LogP contribution < -0.4 is 0 Å². The zero-order chi connectivity index (χ0) is 12.2. The van der Waals surface area contributed by atoms with E-state index in [4.69, 9.17) is 9.47 Å². The number of ether oxygens (including phenoxy) is 2. The molecule has 1 heterocycles. The van der Waals surface area contributed by atoms with Gasteiger partial charge >= 0.3 is 0 Å². The maximum Gasteiger partial charge on any atom is 0.162 e. The standard InChI is InChI=1S/C16H16O2/c1-3-7-13(8-4-1)11-16-17-12-15(18-16)14-9-5-2-6-10-14/h1-10,15-16H,11-12H2/t15-,16+/m1/s1. The van der Waals surface area contributed by atoms with Gasteiger partial charge in [0.25, 0.3) is 0 Å². The van der Waals surface area contributed by atoms with E-state index in [1.165, 1.54) is 11.1 Å². The summed E-state index contributed by atoms with van der Waals surface area (Å²) in [5.41, 5.74) is 2.43. The second-order valence-electron chi connectivity index (χ2n) is 4.49. The predicted molar refractivity (Wildman–Crippen MR) is 70.2 cm³/mol. The lowest BCUT2D eigenvalue weighted by Gasteiger charge is -2.11. The van der Waals surface area contributed by atoms with Crippen molar-refractivity contribution in [3.05, 3.63) is 71.8 Å². The van der Waals surface area contributed by atoms with Crippen molar-refractivity contribution < 1.29 is 9.47 Å². The summed E-state index contributed by atoms with van der Waals surface area (Å²) in [6.45, 7) is 0.640. The maximum absolute atomic E-state index is 5.93. The van der Waals surface area contributed by atoms with E-state index in [1.807, 2.05) is 36.4 Å². The third-order valence-electron chi connectivity index (χ3n) is 3.17. The van der Waals surface area contributed by atoms with Crippen LogP contribution in [0.3, 0.4) is 0 Å². The highest BCUT2D eigenvalue weighted by Gasteiger charge is 2.26. The summed E-state index contributed by atoms with van der Waals surface area (Å²) in [6.07, 6.45) is 0.752. The highest BCUT2D eigenvalue weighted by atomic mass is 16.7. The first-order chi connectivity index (χ1) is 8.92. The molecule has 0 radical (unpaired) electrons. The molecule has 1 fully saturated rings. The summed E-state index contributed by atoms with van der Waals surface area (Å²) in [6, 6.07) is 20.5. The van der Waals surface area contributed by atoms with Crippen molar-refractivity contribution in [2.45, 2.75) is 18.8 Å². The molecule has 18 heavy (non-hydrogen) atoms. The van der Waals surface area contributed by atoms with Crippen molar-refractivity contribution >= 4 is 0 Å². The molecule has 2 atom stereocenters. The van der Waals surface area contributed by atoms with Crippen LogP contribution in [0.2, 0.25) is 0 Å². The van der Waals surface area contributed by atoms with E-state index in [1.54, 1.807) is 0 Å². The Kier molecular flexibility index (Phi) is 3.40. The molecule has 2 heteroatoms. The lowest BCUT2D eigenvalue weighted by atomic mass is 10.1. The summed E-state index contributed by atoms with van der Waals surface area (Å²) in [5, 5.41) is 0. The van der Waals surface area contributed by atoms with Crippen LogP contribution in [0.5, 0.6) is 0 Å². The zero-order valence-corrected chi connectivity index (χ0v) is 10.2. The predicted octanol–water partition coefficient (Wildman–Crippen LogP) is 3.34. The molecule has 0 N–H and O–H groups in total. The van der Waals surface area contributed by atoms with Gasteiger partial charge < -0.3 is 9.47 Å². The summed E-state index contributed by atoms with van der Waals surface area (Å²) >= 11 is 0. The highest BCUT2D eigenvalue weighted by Crippen LogP contribution is 2.27. The average Bonchev–Trinajstić information content (AvgIpc) is 2.89. The third kappa shape index (κ3) is 2.61. The first kappa shape index (κ1) is 11.5. The van der Waals surface area contributed by atoms with Crippen LogP contribution in [-0.4, -0.2) is 12.9 Å². The van der Waals surface area contributed by atoms with Crippen LogP contribution in [0.25, 0.3) is 0 Å². The van der Waals surface area contributed by atoms with Crippen molar-refractivity contribution in [2.75, 3.05) is 6.61 Å². The largest absolute Gasteiger partial charge is 0.349 e. The minimum absolute atomic E-state index is 0.0694. The Balaban J connectivity index is 1.62. The lowest BCUT2D eigenvalue weighted by molar-refractivity contribution is -0.0563. The SMILES string of the molecule is c1ccc(C[C@H]2OC[C@H](c3ccccc3)O2)cc1. The summed E-state index contributed by atoms with van der Waals surface area (Å²) in [7, 11) is 0. The van der Waals surface area contributed by atoms with Gasteiger partial charge in [0.05, 0.1) is 6.61 Å². The molecule has 0 bridgehead atoms. The molecule has 2 aromatic carbocycles. The molecular formula is C16H16O2. The molecule has 0 amide bonds. The van der Waals surface area contributed by atoms with Gasteiger partial charge in [0.1, 0.15) is 6.10 Å². The van der Waals surface area contributed by atoms with Crippen molar-refractivity contribution in [3.63, 3.8) is 0 Å². The number of benzene rings is 2. The first-order valence-corrected chi connectivity index (χ1v) is 6.28. The van der Waals surface area contributed by atoms with Crippen LogP contribution in [0, 0.1) is 0 Å². The third-order valence-corrected chi connectivity index (χ3v) is 3.17. The Morgan fingerprint density at radius 1 is 0.889 bits per heavy atom. The van der Waals surface area contributed by atoms with Gasteiger partial charge in [-0.2, -0.15) is 0 Å². The molecule has 2 nitrogen and oxygen atoms in total. The quantitative estimate of drug-likeness (QED) is 0.819. The molecule has 3 rings (SSSR count). The van der Waals surface area contributed by atoms with Crippen molar-refractivity contribution in [1.82, 2.24) is 0 Å². The van der Waals surface area contributed by atoms with Gasteiger partial charge in [-0.3, -0.25) is 0 Å². The van der Waals surface area contributed by atoms with Crippen LogP contribution in [0.1, 0.15) is 17.2 Å². The minimum Gasteiger partial charge on any atom is -0.349 e. The normalized spacial score (nSPS) is 23.1. The van der Waals surface area contributed by atoms with E-state index >= 15 is 0 Å². The van der Waals surface area contributed by atoms with Crippen LogP contribution >= 0.6 is 0 Å². The van der Waals surface area contributed by atoms with E-state index in [-0.39, 0.29) is 12.4 Å². The monoisotopic (exact) mass is 240 g/mol. The Morgan fingerprint density at radius 2 is 1.56 bits per heavy atom. The second-order valence-corrected chi connectivity index (χ2v) is 4.49. The Bertz CT molecular complexity index is 481. The van der Waals surface area contributed by atoms with Crippen LogP contribution in [0.4, 0.5) is 0 Å². The molecule has 1 saturated heterocycles. The summed E-state index contributed by atoms with van der Waals surface area (Å²) < 4.78 is 11.6. The number of hydrogen-bond acceptors (Lipinski definition) is 2. The molecule has 0 aliphatic carbocycles. The zero-order valence-electron chi connectivity index (χ0n) is 10.2. The first-order valence-electron chi connectivity index (χ1n) is 6.28. The van der Waals surface area contributed by atoms with Gasteiger partial charge in [0, 0.05) is 6.42 Å². The van der Waals surface area contributed by atoms with E-state index in [2.05, 4.69) is 24.3 Å². The smallest absolute Gasteiger partial charge is 0.162 e. The molecule has 92 valence electrons. The van der Waals surface area contributed by atoms with Gasteiger partial charge in [-0.25, -0.2) is 0 Å². The fraction of sp³-hybridized carbons (Fsp3) is 0.250. The van der Waals surface area contributed by atoms with Gasteiger partial charge in [-0.1, -0.05) is 60.7 Å². The van der Waals surface area contributed by atoms with Crippen molar-refractivity contribution in [2.24, 2.45) is 0 Å². The Hall–Kier alpha value is -1.64. The van der Waals surface area contributed by atoms with Crippen LogP contribution in [-0.2, 0) is 15.9 Å². The fourth-order valence-corrected chi connectivity index (χ4v) is 2.21. The van der Waals surface area contributed by atoms with E-state index in [0.717, 1.165) is 6.42 Å². The van der Waals surface area contributed by atoms with E-state index in [9.17, 15) is 0 Å². The second kappa shape index (κ2) is 5.34. The number of hydrogen-bond donors (Lipinski definition) is 0. The highest BCUT2D eigenvalue weighted by molar-refractivity contribution is 5.19. The van der Waals surface area contributed by atoms with Crippen molar-refractivity contribution in [3.8, 4) is 0 Å². The molecular weight excluding hydrogens is 224 g/mol. The Morgan fingerprint density at radius 3 is 2.28 bits per heavy atom. The molecule has 1 aliphatic rings. The molecule has 0 aromatic heterocycles. The van der Waals surface area contributed by atoms with Gasteiger partial charge in [0.15, 0.2) is 6.29 Å². The van der Waals surface area contributed by atoms with E-state index < -0.39 is 0 Å². The lowest BCUT2D eigenvalue weighted by Crippen LogP contribution is -2.11. The summed E-state index contributed by atoms with van der Waals surface area (Å²) in [5.74, 6) is 0. The maximum atomic E-state index is 5.93. The van der Waals surface area contributed by atoms with E-state index in [0.29, 0.717) is 6.61 Å². The minimum atomic E-state index is -0.127. The Labute approximate surface area is 107 Å². The average molecular weight is 240 g/mol. The molecule has 1 aliphatic heterocycles. The van der Waals surface area contributed by atoms with Gasteiger partial charge in [0.2, 0.25) is 0 Å². The fourth-order valence-electron chi connectivity index (χ4n) is 2.21. The van der Waals surface area contributed by atoms with Gasteiger partial charge in [-0.05, 0) is 11.1 Å². The van der Waals surface area contributed by atoms with Crippen LogP contribution in [0.15, 0.2) is 60.7 Å². The molecule has 2 aromatic rings. The van der Waals surface area contributed by atoms with Gasteiger partial charge in [-0.15, -0.1) is 0 Å². The summed E-state index contributed by atoms with van der Waals surface area (Å²) in [4.78, 5) is 0. The topological polar surface area (TPSA) is 18.5 Å². The number of rotatable bonds is 3. The molecule has 0 unspecified atom stereocenters. The molecule has 0 spiro atoms. The molecule has 0 saturated carbocycles.